The Balaban J connectivity index is 1.50. The van der Waals surface area contributed by atoms with Crippen molar-refractivity contribution in [2.45, 2.75) is 26.4 Å². The Morgan fingerprint density at radius 2 is 1.51 bits per heavy atom. The summed E-state index contributed by atoms with van der Waals surface area (Å²) in [5, 5.41) is 10.9. The largest absolute Gasteiger partial charge is 0.506 e. The average molecular weight is 470 g/mol. The molecule has 1 fully saturated rings. The molecular weight excluding hydrogens is 442 g/mol. The summed E-state index contributed by atoms with van der Waals surface area (Å²) in [7, 11) is 1.56. The summed E-state index contributed by atoms with van der Waals surface area (Å²) in [6, 6.07) is 23.8. The zero-order valence-electron chi connectivity index (χ0n) is 19.7. The van der Waals surface area contributed by atoms with E-state index in [1.54, 1.807) is 38.2 Å². The second kappa shape index (κ2) is 10.8. The van der Waals surface area contributed by atoms with Crippen LogP contribution in [0.3, 0.4) is 0 Å². The summed E-state index contributed by atoms with van der Waals surface area (Å²) in [4.78, 5) is 28.7. The number of aliphatic hydroxyl groups is 1. The fraction of sp³-hybridized carbons (Fsp3) is 0.207. The molecule has 0 bridgehead atoms. The number of hydrogen-bond donors (Lipinski definition) is 1. The minimum atomic E-state index is -0.644. The third kappa shape index (κ3) is 6.03. The molecule has 1 aliphatic carbocycles. The third-order valence-electron chi connectivity index (χ3n) is 5.83. The van der Waals surface area contributed by atoms with Gasteiger partial charge in [-0.25, -0.2) is 4.79 Å². The van der Waals surface area contributed by atoms with Crippen molar-refractivity contribution in [2.24, 2.45) is 10.9 Å². The quantitative estimate of drug-likeness (QED) is 0.149. The predicted octanol–water partition coefficient (Wildman–Crippen LogP) is 5.77. The molecule has 0 amide bonds. The van der Waals surface area contributed by atoms with Crippen LogP contribution < -0.4 is 4.74 Å². The molecule has 0 aromatic heterocycles. The monoisotopic (exact) mass is 469 g/mol. The maximum absolute atomic E-state index is 12.8. The highest BCUT2D eigenvalue weighted by Crippen LogP contribution is 2.31. The Labute approximate surface area is 204 Å². The van der Waals surface area contributed by atoms with Crippen molar-refractivity contribution in [3.05, 3.63) is 95.6 Å². The number of benzene rings is 3. The van der Waals surface area contributed by atoms with E-state index in [4.69, 9.17) is 9.47 Å². The van der Waals surface area contributed by atoms with Crippen LogP contribution in [0.25, 0.3) is 16.9 Å². The number of carbonyl (C=O) groups is 2. The van der Waals surface area contributed by atoms with Crippen molar-refractivity contribution < 1.29 is 24.2 Å². The van der Waals surface area contributed by atoms with Gasteiger partial charge in [0.1, 0.15) is 23.7 Å². The standard InChI is InChI=1S/C29H27NO5/c1-19(30-2)26(29(33)34-18-20-6-4-3-5-7-20)27(31)23-10-8-21(9-11-23)22-14-16-25(17-15-22)35-28(32)24-12-13-24/h3-11,14-17,24,31H,12-13,18H2,1-2H3. The van der Waals surface area contributed by atoms with Crippen molar-refractivity contribution in [1.29, 1.82) is 0 Å². The van der Waals surface area contributed by atoms with Crippen molar-refractivity contribution in [2.75, 3.05) is 7.05 Å². The number of rotatable bonds is 8. The lowest BCUT2D eigenvalue weighted by molar-refractivity contribution is -0.139. The molecular formula is C29H27NO5. The smallest absolute Gasteiger partial charge is 0.344 e. The van der Waals surface area contributed by atoms with Crippen LogP contribution in [0.1, 0.15) is 30.9 Å². The number of carbonyl (C=O) groups excluding carboxylic acids is 2. The van der Waals surface area contributed by atoms with Gasteiger partial charge in [-0.1, -0.05) is 66.7 Å². The SMILES string of the molecule is CN=C(C)C(C(=O)OCc1ccccc1)=C(O)c1ccc(-c2ccc(OC(=O)C3CC3)cc2)cc1. The van der Waals surface area contributed by atoms with Gasteiger partial charge in [0.25, 0.3) is 0 Å². The third-order valence-corrected chi connectivity index (χ3v) is 5.83. The topological polar surface area (TPSA) is 85.2 Å². The zero-order valence-corrected chi connectivity index (χ0v) is 19.7. The lowest BCUT2D eigenvalue weighted by Crippen LogP contribution is -2.16. The first-order valence-electron chi connectivity index (χ1n) is 11.5. The number of ether oxygens (including phenoxy) is 2. The first-order valence-corrected chi connectivity index (χ1v) is 11.5. The molecule has 0 saturated heterocycles. The van der Waals surface area contributed by atoms with Crippen molar-refractivity contribution in [1.82, 2.24) is 0 Å². The second-order valence-corrected chi connectivity index (χ2v) is 8.39. The van der Waals surface area contributed by atoms with E-state index >= 15 is 0 Å². The highest BCUT2D eigenvalue weighted by Gasteiger charge is 2.31. The maximum Gasteiger partial charge on any atom is 0.344 e. The normalized spacial score (nSPS) is 14.2. The van der Waals surface area contributed by atoms with Crippen LogP contribution in [0, 0.1) is 5.92 Å². The minimum absolute atomic E-state index is 0.0259. The zero-order chi connectivity index (χ0) is 24.8. The van der Waals surface area contributed by atoms with E-state index in [9.17, 15) is 14.7 Å². The Kier molecular flexibility index (Phi) is 7.41. The van der Waals surface area contributed by atoms with Crippen LogP contribution in [-0.2, 0) is 20.9 Å². The van der Waals surface area contributed by atoms with Crippen molar-refractivity contribution in [3.8, 4) is 16.9 Å². The van der Waals surface area contributed by atoms with Crippen molar-refractivity contribution >= 4 is 23.4 Å². The van der Waals surface area contributed by atoms with Gasteiger partial charge in [0.05, 0.1) is 5.92 Å². The molecule has 0 heterocycles. The summed E-state index contributed by atoms with van der Waals surface area (Å²) >= 11 is 0. The number of nitrogens with zero attached hydrogens (tertiary/aromatic N) is 1. The van der Waals surface area contributed by atoms with E-state index < -0.39 is 5.97 Å². The van der Waals surface area contributed by atoms with Gasteiger partial charge in [-0.15, -0.1) is 0 Å². The van der Waals surface area contributed by atoms with E-state index in [0.717, 1.165) is 29.5 Å². The summed E-state index contributed by atoms with van der Waals surface area (Å²) in [5.41, 5.74) is 3.57. The van der Waals surface area contributed by atoms with Crippen LogP contribution in [0.4, 0.5) is 0 Å². The predicted molar refractivity (Wildman–Crippen MR) is 135 cm³/mol. The van der Waals surface area contributed by atoms with Gasteiger partial charge in [-0.2, -0.15) is 0 Å². The Hall–Kier alpha value is -4.19. The molecule has 4 rings (SSSR count). The van der Waals surface area contributed by atoms with Gasteiger partial charge in [-0.3, -0.25) is 9.79 Å². The number of hydrogen-bond acceptors (Lipinski definition) is 6. The average Bonchev–Trinajstić information content (AvgIpc) is 3.74. The van der Waals surface area contributed by atoms with Crippen molar-refractivity contribution in [3.63, 3.8) is 0 Å². The Morgan fingerprint density at radius 1 is 0.914 bits per heavy atom. The minimum Gasteiger partial charge on any atom is -0.506 e. The number of aliphatic imine (C=N–C) groups is 1. The highest BCUT2D eigenvalue weighted by molar-refractivity contribution is 6.23. The molecule has 6 heteroatoms. The molecule has 1 aliphatic rings. The van der Waals surface area contributed by atoms with Gasteiger partial charge in [-0.05, 0) is 48.6 Å². The highest BCUT2D eigenvalue weighted by atomic mass is 16.5. The fourth-order valence-corrected chi connectivity index (χ4v) is 3.52. The first kappa shape index (κ1) is 24.0. The van der Waals surface area contributed by atoms with Crippen LogP contribution in [0.5, 0.6) is 5.75 Å². The van der Waals surface area contributed by atoms with Crippen LogP contribution in [-0.4, -0.2) is 29.8 Å². The molecule has 6 nitrogen and oxygen atoms in total. The summed E-state index contributed by atoms with van der Waals surface area (Å²) in [6.45, 7) is 1.75. The Bertz CT molecular complexity index is 1250. The second-order valence-electron chi connectivity index (χ2n) is 8.39. The first-order chi connectivity index (χ1) is 17.0. The molecule has 0 spiro atoms. The lowest BCUT2D eigenvalue weighted by atomic mass is 10.0. The number of esters is 2. The molecule has 1 N–H and O–H groups in total. The molecule has 0 aliphatic heterocycles. The van der Waals surface area contributed by atoms with E-state index in [-0.39, 0.29) is 29.8 Å². The molecule has 178 valence electrons. The van der Waals surface area contributed by atoms with Crippen LogP contribution >= 0.6 is 0 Å². The van der Waals surface area contributed by atoms with E-state index in [0.29, 0.717) is 17.0 Å². The molecule has 35 heavy (non-hydrogen) atoms. The fourth-order valence-electron chi connectivity index (χ4n) is 3.52. The Morgan fingerprint density at radius 3 is 2.09 bits per heavy atom. The van der Waals surface area contributed by atoms with Gasteiger partial charge < -0.3 is 14.6 Å². The number of aliphatic hydroxyl groups excluding tert-OH is 1. The molecule has 1 saturated carbocycles. The van der Waals surface area contributed by atoms with E-state index in [2.05, 4.69) is 4.99 Å². The summed E-state index contributed by atoms with van der Waals surface area (Å²) < 4.78 is 10.8. The van der Waals surface area contributed by atoms with E-state index in [1.807, 2.05) is 54.6 Å². The molecule has 3 aromatic rings. The molecule has 0 unspecified atom stereocenters. The summed E-state index contributed by atoms with van der Waals surface area (Å²) in [5.74, 6) is -0.441. The van der Waals surface area contributed by atoms with Gasteiger partial charge in [0.2, 0.25) is 0 Å². The molecule has 0 radical (unpaired) electrons. The lowest BCUT2D eigenvalue weighted by Gasteiger charge is -2.12. The summed E-state index contributed by atoms with van der Waals surface area (Å²) in [6.07, 6.45) is 1.81. The van der Waals surface area contributed by atoms with E-state index in [1.165, 1.54) is 0 Å². The van der Waals surface area contributed by atoms with Gasteiger partial charge >= 0.3 is 11.9 Å². The van der Waals surface area contributed by atoms with Gasteiger partial charge in [0, 0.05) is 18.3 Å². The van der Waals surface area contributed by atoms with Crippen LogP contribution in [0.15, 0.2) is 89.4 Å². The van der Waals surface area contributed by atoms with Crippen LogP contribution in [0.2, 0.25) is 0 Å². The molecule has 3 aromatic carbocycles. The maximum atomic E-state index is 12.8. The molecule has 0 atom stereocenters. The van der Waals surface area contributed by atoms with Gasteiger partial charge in [0.15, 0.2) is 0 Å².